The summed E-state index contributed by atoms with van der Waals surface area (Å²) in [5.74, 6) is -0.259. The van der Waals surface area contributed by atoms with Crippen LogP contribution in [0.5, 0.6) is 0 Å². The summed E-state index contributed by atoms with van der Waals surface area (Å²) in [6.07, 6.45) is 0. The molecule has 5 nitrogen and oxygen atoms in total. The van der Waals surface area contributed by atoms with Crippen LogP contribution in [0.2, 0.25) is 0 Å². The highest BCUT2D eigenvalue weighted by atomic mass is 16.1. The van der Waals surface area contributed by atoms with E-state index >= 15 is 0 Å². The lowest BCUT2D eigenvalue weighted by atomic mass is 10.1. The number of nitrogens with one attached hydrogen (secondary N) is 1. The molecule has 0 spiro atoms. The maximum atomic E-state index is 12.8. The minimum Gasteiger partial charge on any atom is -0.322 e. The first kappa shape index (κ1) is 18.6. The number of Topliss-reactive ketones (excluding diaryl/α,β-unsaturated/α-hetero) is 1. The largest absolute Gasteiger partial charge is 0.322 e. The van der Waals surface area contributed by atoms with Crippen molar-refractivity contribution in [2.45, 2.75) is 34.2 Å². The highest BCUT2D eigenvalue weighted by molar-refractivity contribution is 6.06. The molecule has 3 rings (SSSR count). The Morgan fingerprint density at radius 2 is 1.74 bits per heavy atom. The Labute approximate surface area is 159 Å². The first-order valence-electron chi connectivity index (χ1n) is 8.87. The van der Waals surface area contributed by atoms with Crippen LogP contribution in [0, 0.1) is 20.8 Å². The summed E-state index contributed by atoms with van der Waals surface area (Å²) >= 11 is 0. The summed E-state index contributed by atoms with van der Waals surface area (Å²) in [7, 11) is 0. The summed E-state index contributed by atoms with van der Waals surface area (Å²) in [4.78, 5) is 24.3. The highest BCUT2D eigenvalue weighted by Gasteiger charge is 2.19. The van der Waals surface area contributed by atoms with E-state index in [1.807, 2.05) is 18.5 Å². The smallest absolute Gasteiger partial charge is 0.259 e. The van der Waals surface area contributed by atoms with Crippen molar-refractivity contribution in [3.63, 3.8) is 0 Å². The number of aryl methyl sites for hydroxylation is 2. The van der Waals surface area contributed by atoms with E-state index in [0.717, 1.165) is 11.3 Å². The molecular weight excluding hydrogens is 338 g/mol. The fraction of sp³-hybridized carbons (Fsp3) is 0.227. The molecule has 0 saturated heterocycles. The molecule has 0 saturated carbocycles. The monoisotopic (exact) mass is 361 g/mol. The van der Waals surface area contributed by atoms with Crippen LogP contribution in [0.1, 0.15) is 50.2 Å². The van der Waals surface area contributed by atoms with Crippen LogP contribution >= 0.6 is 0 Å². The molecule has 1 aromatic heterocycles. The van der Waals surface area contributed by atoms with Crippen molar-refractivity contribution in [2.75, 3.05) is 5.32 Å². The van der Waals surface area contributed by atoms with E-state index in [9.17, 15) is 9.59 Å². The second kappa shape index (κ2) is 7.58. The Hall–Kier alpha value is -3.21. The number of rotatable bonds is 5. The number of ketones is 1. The Balaban J connectivity index is 1.83. The van der Waals surface area contributed by atoms with E-state index in [1.54, 1.807) is 24.3 Å². The number of anilines is 1. The molecule has 3 aromatic rings. The molecule has 1 heterocycles. The zero-order valence-electron chi connectivity index (χ0n) is 16.0. The van der Waals surface area contributed by atoms with Gasteiger partial charge in [0, 0.05) is 16.9 Å². The second-order valence-corrected chi connectivity index (χ2v) is 6.78. The van der Waals surface area contributed by atoms with Gasteiger partial charge < -0.3 is 5.32 Å². The molecular formula is C22H23N3O2. The predicted octanol–water partition coefficient (Wildman–Crippen LogP) is 4.31. The average Bonchev–Trinajstić information content (AvgIpc) is 2.90. The van der Waals surface area contributed by atoms with Gasteiger partial charge in [0.15, 0.2) is 5.78 Å². The van der Waals surface area contributed by atoms with Gasteiger partial charge in [0.2, 0.25) is 0 Å². The summed E-state index contributed by atoms with van der Waals surface area (Å²) in [5, 5.41) is 7.41. The molecule has 0 unspecified atom stereocenters. The summed E-state index contributed by atoms with van der Waals surface area (Å²) in [5.41, 5.74) is 5.56. The molecule has 1 N–H and O–H groups in total. The van der Waals surface area contributed by atoms with E-state index in [2.05, 4.69) is 41.6 Å². The fourth-order valence-electron chi connectivity index (χ4n) is 3.06. The highest BCUT2D eigenvalue weighted by Crippen LogP contribution is 2.18. The number of benzene rings is 2. The minimum absolute atomic E-state index is 0.0376. The maximum Gasteiger partial charge on any atom is 0.259 e. The maximum absolute atomic E-state index is 12.8. The van der Waals surface area contributed by atoms with E-state index in [0.29, 0.717) is 29.1 Å². The molecule has 0 aliphatic rings. The van der Waals surface area contributed by atoms with Crippen molar-refractivity contribution < 1.29 is 9.59 Å². The van der Waals surface area contributed by atoms with E-state index < -0.39 is 0 Å². The molecule has 0 fully saturated rings. The van der Waals surface area contributed by atoms with E-state index in [-0.39, 0.29) is 11.7 Å². The third kappa shape index (κ3) is 4.14. The van der Waals surface area contributed by atoms with Gasteiger partial charge in [-0.25, -0.2) is 0 Å². The molecule has 5 heteroatoms. The topological polar surface area (TPSA) is 64.0 Å². The molecule has 27 heavy (non-hydrogen) atoms. The quantitative estimate of drug-likeness (QED) is 0.689. The van der Waals surface area contributed by atoms with E-state index in [1.165, 1.54) is 12.5 Å². The van der Waals surface area contributed by atoms with Gasteiger partial charge in [-0.2, -0.15) is 5.10 Å². The van der Waals surface area contributed by atoms with Gasteiger partial charge in [-0.15, -0.1) is 0 Å². The van der Waals surface area contributed by atoms with Crippen molar-refractivity contribution in [1.82, 2.24) is 9.78 Å². The minimum atomic E-state index is -0.221. The number of aromatic nitrogens is 2. The van der Waals surface area contributed by atoms with Gasteiger partial charge in [0.05, 0.1) is 17.8 Å². The molecule has 0 atom stereocenters. The van der Waals surface area contributed by atoms with Crippen LogP contribution in [-0.2, 0) is 6.54 Å². The Morgan fingerprint density at radius 1 is 1.04 bits per heavy atom. The van der Waals surface area contributed by atoms with Gasteiger partial charge in [-0.3, -0.25) is 14.3 Å². The summed E-state index contributed by atoms with van der Waals surface area (Å²) < 4.78 is 1.85. The molecule has 1 amide bonds. The zero-order chi connectivity index (χ0) is 19.6. The van der Waals surface area contributed by atoms with Gasteiger partial charge >= 0.3 is 0 Å². The number of hydrogen-bond donors (Lipinski definition) is 1. The van der Waals surface area contributed by atoms with Crippen molar-refractivity contribution in [1.29, 1.82) is 0 Å². The van der Waals surface area contributed by atoms with Crippen LogP contribution in [0.25, 0.3) is 0 Å². The van der Waals surface area contributed by atoms with Crippen molar-refractivity contribution in [3.05, 3.63) is 82.2 Å². The molecule has 0 aliphatic heterocycles. The molecule has 138 valence electrons. The Morgan fingerprint density at radius 3 is 2.41 bits per heavy atom. The molecule has 0 radical (unpaired) electrons. The second-order valence-electron chi connectivity index (χ2n) is 6.78. The molecule has 2 aromatic carbocycles. The van der Waals surface area contributed by atoms with Gasteiger partial charge in [0.25, 0.3) is 5.91 Å². The SMILES string of the molecule is CC(=O)c1cccc(NC(=O)c2c(C)nn(Cc3ccc(C)cc3)c2C)c1. The number of nitrogens with zero attached hydrogens (tertiary/aromatic N) is 2. The van der Waals surface area contributed by atoms with Gasteiger partial charge in [0.1, 0.15) is 0 Å². The summed E-state index contributed by atoms with van der Waals surface area (Å²) in [6.45, 7) is 7.90. The molecule has 0 bridgehead atoms. The fourth-order valence-corrected chi connectivity index (χ4v) is 3.06. The lowest BCUT2D eigenvalue weighted by Gasteiger charge is -2.08. The van der Waals surface area contributed by atoms with E-state index in [4.69, 9.17) is 0 Å². The van der Waals surface area contributed by atoms with Crippen LogP contribution in [0.4, 0.5) is 5.69 Å². The first-order valence-corrected chi connectivity index (χ1v) is 8.87. The van der Waals surface area contributed by atoms with Gasteiger partial charge in [-0.1, -0.05) is 42.0 Å². The lowest BCUT2D eigenvalue weighted by Crippen LogP contribution is -2.14. The van der Waals surface area contributed by atoms with Crippen molar-refractivity contribution in [3.8, 4) is 0 Å². The third-order valence-electron chi connectivity index (χ3n) is 4.59. The number of carbonyl (C=O) groups excluding carboxylic acids is 2. The van der Waals surface area contributed by atoms with Gasteiger partial charge in [-0.05, 0) is 45.4 Å². The zero-order valence-corrected chi connectivity index (χ0v) is 16.0. The Kier molecular flexibility index (Phi) is 5.21. The van der Waals surface area contributed by atoms with Crippen LogP contribution in [0.15, 0.2) is 48.5 Å². The normalized spacial score (nSPS) is 10.7. The number of hydrogen-bond acceptors (Lipinski definition) is 3. The van der Waals surface area contributed by atoms with Crippen molar-refractivity contribution in [2.24, 2.45) is 0 Å². The van der Waals surface area contributed by atoms with Crippen molar-refractivity contribution >= 4 is 17.4 Å². The Bertz CT molecular complexity index is 1000. The number of amides is 1. The van der Waals surface area contributed by atoms with Crippen LogP contribution < -0.4 is 5.32 Å². The number of carbonyl (C=O) groups is 2. The standard InChI is InChI=1S/C22H23N3O2/c1-14-8-10-18(11-9-14)13-25-16(3)21(15(2)24-25)22(27)23-20-7-5-6-19(12-20)17(4)26/h5-12H,13H2,1-4H3,(H,23,27). The molecule has 0 aliphatic carbocycles. The third-order valence-corrected chi connectivity index (χ3v) is 4.59. The first-order chi connectivity index (χ1) is 12.8. The summed E-state index contributed by atoms with van der Waals surface area (Å²) in [6, 6.07) is 15.2. The van der Waals surface area contributed by atoms with Crippen LogP contribution in [-0.4, -0.2) is 21.5 Å². The predicted molar refractivity (Wildman–Crippen MR) is 106 cm³/mol. The van der Waals surface area contributed by atoms with Crippen LogP contribution in [0.3, 0.4) is 0 Å². The average molecular weight is 361 g/mol. The lowest BCUT2D eigenvalue weighted by molar-refractivity contribution is 0.101.